The van der Waals surface area contributed by atoms with Crippen molar-refractivity contribution in [2.45, 2.75) is 25.9 Å². The number of nitrogens with zero attached hydrogens (tertiary/aromatic N) is 1. The van der Waals surface area contributed by atoms with Crippen molar-refractivity contribution in [3.63, 3.8) is 0 Å². The van der Waals surface area contributed by atoms with Crippen molar-refractivity contribution in [3.05, 3.63) is 34.9 Å². The minimum Gasteiger partial charge on any atom is -0.370 e. The van der Waals surface area contributed by atoms with Gasteiger partial charge in [-0.3, -0.25) is 4.79 Å². The van der Waals surface area contributed by atoms with E-state index in [1.807, 2.05) is 29.2 Å². The van der Waals surface area contributed by atoms with Crippen molar-refractivity contribution in [1.29, 1.82) is 0 Å². The molecule has 0 bridgehead atoms. The highest BCUT2D eigenvalue weighted by molar-refractivity contribution is 6.31. The molecule has 3 nitrogen and oxygen atoms in total. The number of hydrogen-bond acceptors (Lipinski definition) is 2. The van der Waals surface area contributed by atoms with Gasteiger partial charge in [0.1, 0.15) is 6.10 Å². The summed E-state index contributed by atoms with van der Waals surface area (Å²) in [4.78, 5) is 14.4. The summed E-state index contributed by atoms with van der Waals surface area (Å²) >= 11 is 6.22. The predicted octanol–water partition coefficient (Wildman–Crippen LogP) is 3.29. The second-order valence-corrected chi connectivity index (χ2v) is 6.20. The summed E-state index contributed by atoms with van der Waals surface area (Å²) in [6.45, 7) is 3.94. The highest BCUT2D eigenvalue weighted by atomic mass is 35.5. The van der Waals surface area contributed by atoms with E-state index in [0.717, 1.165) is 5.56 Å². The average Bonchev–Trinajstić information content (AvgIpc) is 3.31. The maximum Gasteiger partial charge on any atom is 0.225 e. The van der Waals surface area contributed by atoms with Crippen LogP contribution in [0.4, 0.5) is 0 Å². The first-order valence-electron chi connectivity index (χ1n) is 7.31. The molecule has 1 heterocycles. The number of halogens is 1. The van der Waals surface area contributed by atoms with Crippen LogP contribution in [0.5, 0.6) is 0 Å². The molecule has 0 spiro atoms. The molecule has 1 aromatic carbocycles. The van der Waals surface area contributed by atoms with Crippen LogP contribution in [0.25, 0.3) is 0 Å². The maximum atomic E-state index is 12.5. The Balaban J connectivity index is 1.70. The Morgan fingerprint density at radius 3 is 2.85 bits per heavy atom. The van der Waals surface area contributed by atoms with E-state index < -0.39 is 0 Å². The van der Waals surface area contributed by atoms with Crippen LogP contribution in [0, 0.1) is 11.8 Å². The molecule has 2 aliphatic rings. The number of hydrogen-bond donors (Lipinski definition) is 0. The van der Waals surface area contributed by atoms with Gasteiger partial charge in [-0.1, -0.05) is 36.7 Å². The molecular formula is C16H20ClNO2. The van der Waals surface area contributed by atoms with E-state index in [1.165, 1.54) is 12.8 Å². The Bertz CT molecular complexity index is 501. The lowest BCUT2D eigenvalue weighted by atomic mass is 10.0. The summed E-state index contributed by atoms with van der Waals surface area (Å²) in [5.74, 6) is 1.02. The van der Waals surface area contributed by atoms with E-state index in [2.05, 4.69) is 6.92 Å². The molecule has 1 aliphatic carbocycles. The second-order valence-electron chi connectivity index (χ2n) is 5.79. The first-order chi connectivity index (χ1) is 9.66. The van der Waals surface area contributed by atoms with Crippen molar-refractivity contribution in [1.82, 2.24) is 4.90 Å². The number of carbonyl (C=O) groups is 1. The van der Waals surface area contributed by atoms with Gasteiger partial charge in [-0.25, -0.2) is 0 Å². The monoisotopic (exact) mass is 293 g/mol. The smallest absolute Gasteiger partial charge is 0.225 e. The largest absolute Gasteiger partial charge is 0.370 e. The molecule has 0 aromatic heterocycles. The minimum atomic E-state index is -0.104. The van der Waals surface area contributed by atoms with Gasteiger partial charge in [0.25, 0.3) is 0 Å². The van der Waals surface area contributed by atoms with Gasteiger partial charge < -0.3 is 9.64 Å². The Kier molecular flexibility index (Phi) is 3.99. The highest BCUT2D eigenvalue weighted by Gasteiger charge is 2.36. The van der Waals surface area contributed by atoms with E-state index in [9.17, 15) is 4.79 Å². The van der Waals surface area contributed by atoms with Crippen LogP contribution >= 0.6 is 11.6 Å². The van der Waals surface area contributed by atoms with Crippen LogP contribution in [0.15, 0.2) is 24.3 Å². The van der Waals surface area contributed by atoms with E-state index in [0.29, 0.717) is 30.6 Å². The van der Waals surface area contributed by atoms with E-state index in [4.69, 9.17) is 16.3 Å². The summed E-state index contributed by atoms with van der Waals surface area (Å²) in [5.41, 5.74) is 0.978. The second kappa shape index (κ2) is 5.74. The van der Waals surface area contributed by atoms with Crippen LogP contribution < -0.4 is 0 Å². The average molecular weight is 294 g/mol. The first-order valence-corrected chi connectivity index (χ1v) is 7.69. The zero-order valence-corrected chi connectivity index (χ0v) is 12.5. The third-order valence-electron chi connectivity index (χ3n) is 4.35. The van der Waals surface area contributed by atoms with Crippen LogP contribution in [-0.4, -0.2) is 30.5 Å². The van der Waals surface area contributed by atoms with E-state index in [-0.39, 0.29) is 17.9 Å². The van der Waals surface area contributed by atoms with Gasteiger partial charge in [0.2, 0.25) is 5.91 Å². The fraction of sp³-hybridized carbons (Fsp3) is 0.562. The molecule has 0 radical (unpaired) electrons. The normalized spacial score (nSPS) is 24.5. The van der Waals surface area contributed by atoms with Gasteiger partial charge in [0, 0.05) is 23.0 Å². The topological polar surface area (TPSA) is 29.5 Å². The molecule has 2 fully saturated rings. The lowest BCUT2D eigenvalue weighted by Crippen LogP contribution is -2.44. The predicted molar refractivity (Wildman–Crippen MR) is 78.6 cm³/mol. The molecule has 1 aliphatic heterocycles. The standard InChI is InChI=1S/C16H20ClNO2/c1-11(12-6-7-12)16(19)18-8-9-20-15(10-18)13-4-2-3-5-14(13)17/h2-5,11-12,15H,6-10H2,1H3. The van der Waals surface area contributed by atoms with Gasteiger partial charge in [-0.15, -0.1) is 0 Å². The van der Waals surface area contributed by atoms with Crippen LogP contribution in [0.2, 0.25) is 5.02 Å². The zero-order chi connectivity index (χ0) is 14.1. The van der Waals surface area contributed by atoms with Crippen LogP contribution in [0.1, 0.15) is 31.4 Å². The number of morpholine rings is 1. The lowest BCUT2D eigenvalue weighted by molar-refractivity contribution is -0.143. The quantitative estimate of drug-likeness (QED) is 0.856. The molecule has 4 heteroatoms. The maximum absolute atomic E-state index is 12.5. The third-order valence-corrected chi connectivity index (χ3v) is 4.69. The molecule has 0 N–H and O–H groups in total. The van der Waals surface area contributed by atoms with Crippen molar-refractivity contribution in [2.24, 2.45) is 11.8 Å². The van der Waals surface area contributed by atoms with Crippen LogP contribution in [-0.2, 0) is 9.53 Å². The van der Waals surface area contributed by atoms with Crippen molar-refractivity contribution in [2.75, 3.05) is 19.7 Å². The first kappa shape index (κ1) is 13.9. The van der Waals surface area contributed by atoms with Crippen LogP contribution in [0.3, 0.4) is 0 Å². The minimum absolute atomic E-state index is 0.104. The lowest BCUT2D eigenvalue weighted by Gasteiger charge is -2.35. The van der Waals surface area contributed by atoms with Gasteiger partial charge in [0.05, 0.1) is 13.2 Å². The Hall–Kier alpha value is -1.06. The summed E-state index contributed by atoms with van der Waals surface area (Å²) in [6, 6.07) is 7.71. The molecule has 20 heavy (non-hydrogen) atoms. The Morgan fingerprint density at radius 1 is 1.40 bits per heavy atom. The van der Waals surface area contributed by atoms with Gasteiger partial charge in [-0.2, -0.15) is 0 Å². The molecule has 1 aromatic rings. The molecule has 1 amide bonds. The number of ether oxygens (including phenoxy) is 1. The van der Waals surface area contributed by atoms with Crippen molar-refractivity contribution < 1.29 is 9.53 Å². The SMILES string of the molecule is CC(C(=O)N1CCOC(c2ccccc2Cl)C1)C1CC1. The summed E-state index contributed by atoms with van der Waals surface area (Å²) in [6.07, 6.45) is 2.30. The summed E-state index contributed by atoms with van der Waals surface area (Å²) in [5, 5.41) is 0.710. The van der Waals surface area contributed by atoms with Gasteiger partial charge in [-0.05, 0) is 24.8 Å². The van der Waals surface area contributed by atoms with E-state index in [1.54, 1.807) is 0 Å². The molecule has 2 unspecified atom stereocenters. The fourth-order valence-corrected chi connectivity index (χ4v) is 3.12. The molecule has 2 atom stereocenters. The number of carbonyl (C=O) groups excluding carboxylic acids is 1. The molecule has 3 rings (SSSR count). The summed E-state index contributed by atoms with van der Waals surface area (Å²) < 4.78 is 5.80. The summed E-state index contributed by atoms with van der Waals surface area (Å²) in [7, 11) is 0. The Labute approximate surface area is 124 Å². The van der Waals surface area contributed by atoms with Crippen molar-refractivity contribution in [3.8, 4) is 0 Å². The van der Waals surface area contributed by atoms with Crippen molar-refractivity contribution >= 4 is 17.5 Å². The molecular weight excluding hydrogens is 274 g/mol. The third kappa shape index (κ3) is 2.84. The Morgan fingerprint density at radius 2 is 2.15 bits per heavy atom. The molecule has 1 saturated carbocycles. The highest BCUT2D eigenvalue weighted by Crippen LogP contribution is 2.38. The molecule has 1 saturated heterocycles. The van der Waals surface area contributed by atoms with E-state index >= 15 is 0 Å². The molecule has 108 valence electrons. The number of rotatable bonds is 3. The fourth-order valence-electron chi connectivity index (χ4n) is 2.86. The number of amides is 1. The zero-order valence-electron chi connectivity index (χ0n) is 11.7. The van der Waals surface area contributed by atoms with Gasteiger partial charge >= 0.3 is 0 Å². The van der Waals surface area contributed by atoms with Gasteiger partial charge in [0.15, 0.2) is 0 Å². The number of benzene rings is 1.